The number of fused-ring (bicyclic) bond motifs is 1. The lowest BCUT2D eigenvalue weighted by Crippen LogP contribution is -2.45. The van der Waals surface area contributed by atoms with Crippen molar-refractivity contribution >= 4 is 5.91 Å². The summed E-state index contributed by atoms with van der Waals surface area (Å²) in [5.41, 5.74) is -0.118. The number of methoxy groups -OCH3 is 1. The maximum absolute atomic E-state index is 12.3. The van der Waals surface area contributed by atoms with Gasteiger partial charge in [-0.3, -0.25) is 4.79 Å². The first-order valence-electron chi connectivity index (χ1n) is 6.76. The van der Waals surface area contributed by atoms with Gasteiger partial charge in [-0.05, 0) is 31.1 Å². The van der Waals surface area contributed by atoms with Crippen molar-refractivity contribution in [3.63, 3.8) is 0 Å². The van der Waals surface area contributed by atoms with Gasteiger partial charge in [0.05, 0.1) is 12.0 Å². The molecule has 1 saturated carbocycles. The number of nitrogens with zero attached hydrogens (tertiary/aromatic N) is 1. The molecule has 0 bridgehead atoms. The van der Waals surface area contributed by atoms with Crippen LogP contribution in [0.4, 0.5) is 0 Å². The smallest absolute Gasteiger partial charge is 0.225 e. The van der Waals surface area contributed by atoms with Gasteiger partial charge in [0.15, 0.2) is 0 Å². The van der Waals surface area contributed by atoms with E-state index in [1.165, 1.54) is 6.42 Å². The minimum absolute atomic E-state index is 0.118. The molecule has 96 valence electrons. The highest BCUT2D eigenvalue weighted by atomic mass is 16.5. The lowest BCUT2D eigenvalue weighted by molar-refractivity contribution is -0.143. The average Bonchev–Trinajstić information content (AvgIpc) is 2.82. The molecule has 3 fully saturated rings. The second-order valence-electron chi connectivity index (χ2n) is 5.89. The molecule has 2 aliphatic heterocycles. The van der Waals surface area contributed by atoms with E-state index in [9.17, 15) is 4.79 Å². The minimum Gasteiger partial charge on any atom is -0.378 e. The van der Waals surface area contributed by atoms with Crippen molar-refractivity contribution in [2.45, 2.75) is 31.3 Å². The van der Waals surface area contributed by atoms with Crippen molar-refractivity contribution in [3.05, 3.63) is 0 Å². The average molecular weight is 238 g/mol. The first-order valence-corrected chi connectivity index (χ1v) is 6.76. The molecule has 1 amide bonds. The Morgan fingerprint density at radius 2 is 2.00 bits per heavy atom. The fourth-order valence-corrected chi connectivity index (χ4v) is 3.47. The molecule has 0 aromatic carbocycles. The predicted octanol–water partition coefficient (Wildman–Crippen LogP) is 0.623. The Kier molecular flexibility index (Phi) is 2.87. The zero-order valence-electron chi connectivity index (χ0n) is 10.6. The molecule has 17 heavy (non-hydrogen) atoms. The number of hydrogen-bond donors (Lipinski definition) is 1. The summed E-state index contributed by atoms with van der Waals surface area (Å²) in [5.74, 6) is 1.69. The number of amides is 1. The highest BCUT2D eigenvalue weighted by Crippen LogP contribution is 2.39. The van der Waals surface area contributed by atoms with Crippen LogP contribution < -0.4 is 5.32 Å². The van der Waals surface area contributed by atoms with Crippen LogP contribution >= 0.6 is 0 Å². The SMILES string of the molecule is COC1(CC(=O)N2C[C@H]3CNC[C@H]3C2)CCC1. The Balaban J connectivity index is 1.56. The second kappa shape index (κ2) is 4.25. The summed E-state index contributed by atoms with van der Waals surface area (Å²) in [5, 5.41) is 3.40. The van der Waals surface area contributed by atoms with Gasteiger partial charge in [0.25, 0.3) is 0 Å². The zero-order chi connectivity index (χ0) is 11.9. The molecule has 0 aromatic heterocycles. The Morgan fingerprint density at radius 3 is 2.47 bits per heavy atom. The number of carbonyl (C=O) groups is 1. The van der Waals surface area contributed by atoms with Gasteiger partial charge in [-0.15, -0.1) is 0 Å². The number of nitrogens with one attached hydrogen (secondary N) is 1. The molecule has 2 heterocycles. The Hall–Kier alpha value is -0.610. The molecule has 0 spiro atoms. The van der Waals surface area contributed by atoms with Gasteiger partial charge in [0, 0.05) is 33.3 Å². The van der Waals surface area contributed by atoms with Crippen LogP contribution in [0.5, 0.6) is 0 Å². The summed E-state index contributed by atoms with van der Waals surface area (Å²) in [6.07, 6.45) is 3.90. The second-order valence-corrected chi connectivity index (χ2v) is 5.89. The molecule has 2 atom stereocenters. The minimum atomic E-state index is -0.118. The van der Waals surface area contributed by atoms with E-state index in [4.69, 9.17) is 4.74 Å². The van der Waals surface area contributed by atoms with Gasteiger partial charge in [-0.2, -0.15) is 0 Å². The third-order valence-corrected chi connectivity index (χ3v) is 4.91. The van der Waals surface area contributed by atoms with Crippen molar-refractivity contribution in [2.75, 3.05) is 33.3 Å². The van der Waals surface area contributed by atoms with E-state index < -0.39 is 0 Å². The normalized spacial score (nSPS) is 34.5. The largest absolute Gasteiger partial charge is 0.378 e. The number of hydrogen-bond acceptors (Lipinski definition) is 3. The summed E-state index contributed by atoms with van der Waals surface area (Å²) in [6.45, 7) is 4.08. The summed E-state index contributed by atoms with van der Waals surface area (Å²) in [7, 11) is 1.75. The van der Waals surface area contributed by atoms with Gasteiger partial charge in [0.2, 0.25) is 5.91 Å². The highest BCUT2D eigenvalue weighted by molar-refractivity contribution is 5.77. The van der Waals surface area contributed by atoms with Crippen LogP contribution in [0, 0.1) is 11.8 Å². The molecule has 4 nitrogen and oxygen atoms in total. The maximum atomic E-state index is 12.3. The zero-order valence-corrected chi connectivity index (χ0v) is 10.6. The van der Waals surface area contributed by atoms with E-state index in [0.717, 1.165) is 39.0 Å². The number of rotatable bonds is 3. The van der Waals surface area contributed by atoms with Crippen molar-refractivity contribution in [2.24, 2.45) is 11.8 Å². The van der Waals surface area contributed by atoms with Gasteiger partial charge >= 0.3 is 0 Å². The van der Waals surface area contributed by atoms with Crippen LogP contribution in [0.2, 0.25) is 0 Å². The Bertz CT molecular complexity index is 297. The van der Waals surface area contributed by atoms with E-state index in [-0.39, 0.29) is 5.60 Å². The third kappa shape index (κ3) is 1.97. The molecule has 1 N–H and O–H groups in total. The lowest BCUT2D eigenvalue weighted by Gasteiger charge is -2.40. The molecule has 4 heteroatoms. The van der Waals surface area contributed by atoms with E-state index in [1.54, 1.807) is 7.11 Å². The Morgan fingerprint density at radius 1 is 1.35 bits per heavy atom. The van der Waals surface area contributed by atoms with E-state index >= 15 is 0 Å². The highest BCUT2D eigenvalue weighted by Gasteiger charge is 2.43. The molecule has 0 radical (unpaired) electrons. The van der Waals surface area contributed by atoms with Crippen LogP contribution in [0.3, 0.4) is 0 Å². The van der Waals surface area contributed by atoms with Crippen LogP contribution in [0.1, 0.15) is 25.7 Å². The molecule has 0 unspecified atom stereocenters. The molecule has 2 saturated heterocycles. The van der Waals surface area contributed by atoms with E-state index in [0.29, 0.717) is 24.2 Å². The van der Waals surface area contributed by atoms with Gasteiger partial charge in [-0.1, -0.05) is 0 Å². The van der Waals surface area contributed by atoms with Gasteiger partial charge < -0.3 is 15.0 Å². The van der Waals surface area contributed by atoms with E-state index in [1.807, 2.05) is 0 Å². The van der Waals surface area contributed by atoms with Crippen LogP contribution in [0.15, 0.2) is 0 Å². The summed E-state index contributed by atoms with van der Waals surface area (Å²) in [6, 6.07) is 0. The number of ether oxygens (including phenoxy) is 1. The van der Waals surface area contributed by atoms with Crippen LogP contribution in [-0.2, 0) is 9.53 Å². The molecular weight excluding hydrogens is 216 g/mol. The fourth-order valence-electron chi connectivity index (χ4n) is 3.47. The molecular formula is C13H22N2O2. The van der Waals surface area contributed by atoms with Crippen LogP contribution in [-0.4, -0.2) is 49.7 Å². The molecule has 1 aliphatic carbocycles. The van der Waals surface area contributed by atoms with Crippen molar-refractivity contribution in [1.82, 2.24) is 10.2 Å². The summed E-state index contributed by atoms with van der Waals surface area (Å²) >= 11 is 0. The fraction of sp³-hybridized carbons (Fsp3) is 0.923. The van der Waals surface area contributed by atoms with Crippen molar-refractivity contribution in [1.29, 1.82) is 0 Å². The molecule has 0 aromatic rings. The van der Waals surface area contributed by atoms with Gasteiger partial charge in [0.1, 0.15) is 0 Å². The lowest BCUT2D eigenvalue weighted by atomic mass is 9.77. The first kappa shape index (κ1) is 11.5. The quantitative estimate of drug-likeness (QED) is 0.784. The van der Waals surface area contributed by atoms with Crippen molar-refractivity contribution in [3.8, 4) is 0 Å². The van der Waals surface area contributed by atoms with Gasteiger partial charge in [-0.25, -0.2) is 0 Å². The van der Waals surface area contributed by atoms with Crippen molar-refractivity contribution < 1.29 is 9.53 Å². The number of carbonyl (C=O) groups excluding carboxylic acids is 1. The van der Waals surface area contributed by atoms with Crippen LogP contribution in [0.25, 0.3) is 0 Å². The monoisotopic (exact) mass is 238 g/mol. The summed E-state index contributed by atoms with van der Waals surface area (Å²) in [4.78, 5) is 14.3. The first-order chi connectivity index (χ1) is 8.22. The third-order valence-electron chi connectivity index (χ3n) is 4.91. The summed E-state index contributed by atoms with van der Waals surface area (Å²) < 4.78 is 5.54. The number of likely N-dealkylation sites (tertiary alicyclic amines) is 1. The standard InChI is InChI=1S/C13H22N2O2/c1-17-13(3-2-4-13)5-12(16)15-8-10-6-14-7-11(10)9-15/h10-11,14H,2-9H2,1H3/t10-,11+. The molecule has 3 rings (SSSR count). The van der Waals surface area contributed by atoms with E-state index in [2.05, 4.69) is 10.2 Å². The Labute approximate surface area is 103 Å². The maximum Gasteiger partial charge on any atom is 0.225 e. The topological polar surface area (TPSA) is 41.6 Å². The predicted molar refractivity (Wildman–Crippen MR) is 64.6 cm³/mol. The molecule has 3 aliphatic rings.